The van der Waals surface area contributed by atoms with Crippen LogP contribution in [0.5, 0.6) is 17.2 Å². The third-order valence-electron chi connectivity index (χ3n) is 7.99. The largest absolute Gasteiger partial charge is 0.481 e. The van der Waals surface area contributed by atoms with Gasteiger partial charge in [-0.3, -0.25) is 4.79 Å². The van der Waals surface area contributed by atoms with Crippen molar-refractivity contribution in [2.45, 2.75) is 44.9 Å². The minimum Gasteiger partial charge on any atom is -0.481 e. The first-order chi connectivity index (χ1) is 20.7. The summed E-state index contributed by atoms with van der Waals surface area (Å²) in [5.41, 5.74) is -0.0406. The highest BCUT2D eigenvalue weighted by molar-refractivity contribution is 6.33. The van der Waals surface area contributed by atoms with Crippen molar-refractivity contribution >= 4 is 46.8 Å². The van der Waals surface area contributed by atoms with Crippen LogP contribution in [0.4, 0.5) is 5.69 Å². The first-order valence-electron chi connectivity index (χ1n) is 13.8. The average Bonchev–Trinajstić information content (AvgIpc) is 3.23. The van der Waals surface area contributed by atoms with E-state index >= 15 is 0 Å². The van der Waals surface area contributed by atoms with Crippen LogP contribution in [0.25, 0.3) is 0 Å². The molecule has 1 N–H and O–H groups in total. The van der Waals surface area contributed by atoms with Crippen molar-refractivity contribution in [1.29, 1.82) is 0 Å². The van der Waals surface area contributed by atoms with Gasteiger partial charge in [0.1, 0.15) is 22.8 Å². The third kappa shape index (κ3) is 4.72. The molecule has 12 heteroatoms. The molecule has 3 unspecified atom stereocenters. The predicted molar refractivity (Wildman–Crippen MR) is 160 cm³/mol. The lowest BCUT2D eigenvalue weighted by Crippen LogP contribution is -2.58. The van der Waals surface area contributed by atoms with E-state index in [1.54, 1.807) is 57.2 Å². The molecule has 0 radical (unpaired) electrons. The highest BCUT2D eigenvalue weighted by Gasteiger charge is 2.55. The quantitative estimate of drug-likeness (QED) is 0.239. The van der Waals surface area contributed by atoms with Crippen molar-refractivity contribution < 1.29 is 43.2 Å². The number of carbonyl (C=O) groups excluding carboxylic acids is 2. The second-order valence-corrected chi connectivity index (χ2v) is 12.7. The van der Waals surface area contributed by atoms with E-state index in [1.807, 2.05) is 11.8 Å². The molecule has 0 aromatic heterocycles. The van der Waals surface area contributed by atoms with Gasteiger partial charge < -0.3 is 33.7 Å². The molecular weight excluding hydrogens is 613 g/mol. The SMILES string of the molecule is COCOc1cc2c(cc1Cl)C1(OC(=O)c3cc(C(=O)OC(C)(C)C)ccc31)c1cc(Cl)c(N3CC(C(=O)O)C3C)cc1O2. The maximum Gasteiger partial charge on any atom is 0.340 e. The Labute approximate surface area is 263 Å². The van der Waals surface area contributed by atoms with Crippen LogP contribution in [0.15, 0.2) is 42.5 Å². The van der Waals surface area contributed by atoms with Gasteiger partial charge in [0, 0.05) is 48.5 Å². The minimum absolute atomic E-state index is 0.0666. The van der Waals surface area contributed by atoms with Crippen molar-refractivity contribution in [3.63, 3.8) is 0 Å². The van der Waals surface area contributed by atoms with Crippen molar-refractivity contribution in [3.8, 4) is 17.2 Å². The van der Waals surface area contributed by atoms with Crippen LogP contribution in [-0.4, -0.2) is 55.1 Å². The zero-order chi connectivity index (χ0) is 31.7. The van der Waals surface area contributed by atoms with E-state index in [0.29, 0.717) is 38.9 Å². The predicted octanol–water partition coefficient (Wildman–Crippen LogP) is 6.41. The Morgan fingerprint density at radius 3 is 2.36 bits per heavy atom. The number of anilines is 1. The molecule has 230 valence electrons. The molecule has 3 atom stereocenters. The monoisotopic (exact) mass is 641 g/mol. The zero-order valence-electron chi connectivity index (χ0n) is 24.5. The highest BCUT2D eigenvalue weighted by atomic mass is 35.5. The fraction of sp³-hybridized carbons (Fsp3) is 0.344. The maximum atomic E-state index is 13.6. The number of halogens is 2. The molecule has 0 saturated carbocycles. The van der Waals surface area contributed by atoms with Crippen LogP contribution in [-0.2, 0) is 24.6 Å². The van der Waals surface area contributed by atoms with Gasteiger partial charge in [-0.25, -0.2) is 9.59 Å². The molecule has 0 aliphatic carbocycles. The average molecular weight is 642 g/mol. The molecule has 3 aliphatic heterocycles. The Kier molecular flexibility index (Phi) is 7.22. The van der Waals surface area contributed by atoms with E-state index in [1.165, 1.54) is 13.2 Å². The fourth-order valence-electron chi connectivity index (χ4n) is 5.86. The molecule has 3 heterocycles. The summed E-state index contributed by atoms with van der Waals surface area (Å²) in [6.45, 7) is 7.29. The van der Waals surface area contributed by atoms with Gasteiger partial charge in [0.2, 0.25) is 0 Å². The molecule has 1 spiro atoms. The second-order valence-electron chi connectivity index (χ2n) is 11.9. The number of ether oxygens (including phenoxy) is 5. The van der Waals surface area contributed by atoms with Gasteiger partial charge in [0.15, 0.2) is 12.4 Å². The summed E-state index contributed by atoms with van der Waals surface area (Å²) in [5, 5.41) is 10.1. The Hall–Kier alpha value is -3.99. The Morgan fingerprint density at radius 2 is 1.73 bits per heavy atom. The van der Waals surface area contributed by atoms with Crippen LogP contribution in [0, 0.1) is 5.92 Å². The Balaban J connectivity index is 1.53. The lowest BCUT2D eigenvalue weighted by Gasteiger charge is -2.46. The van der Waals surface area contributed by atoms with Gasteiger partial charge >= 0.3 is 17.9 Å². The van der Waals surface area contributed by atoms with E-state index in [9.17, 15) is 19.5 Å². The maximum absolute atomic E-state index is 13.6. The van der Waals surface area contributed by atoms with Crippen LogP contribution in [0.3, 0.4) is 0 Å². The summed E-state index contributed by atoms with van der Waals surface area (Å²) in [5.74, 6) is -1.75. The normalized spacial score (nSPS) is 21.4. The van der Waals surface area contributed by atoms with Crippen LogP contribution < -0.4 is 14.4 Å². The first-order valence-corrected chi connectivity index (χ1v) is 14.6. The van der Waals surface area contributed by atoms with Crippen LogP contribution >= 0.6 is 23.2 Å². The van der Waals surface area contributed by atoms with Gasteiger partial charge in [-0.05, 0) is 52.0 Å². The van der Waals surface area contributed by atoms with Crippen molar-refractivity contribution in [2.75, 3.05) is 25.3 Å². The molecule has 44 heavy (non-hydrogen) atoms. The summed E-state index contributed by atoms with van der Waals surface area (Å²) in [6.07, 6.45) is 0. The molecule has 3 aliphatic rings. The number of carboxylic acid groups (broad SMARTS) is 1. The van der Waals surface area contributed by atoms with Crippen LogP contribution in [0.1, 0.15) is 65.1 Å². The standard InChI is InChI=1S/C32H29Cl2NO9/c1-15-18(28(36)37)13-35(15)24-11-25-20(9-22(24)33)32(21-10-23(34)27(41-14-40-5)12-26(21)42-25)19-7-6-16(8-17(19)30(39)44-32)29(38)43-31(2,3)4/h6-12,15,18H,13-14H2,1-5H3,(H,36,37). The van der Waals surface area contributed by atoms with Gasteiger partial charge in [0.05, 0.1) is 32.8 Å². The molecule has 3 aromatic carbocycles. The number of hydrogen-bond acceptors (Lipinski definition) is 9. The summed E-state index contributed by atoms with van der Waals surface area (Å²) in [4.78, 5) is 40.0. The van der Waals surface area contributed by atoms with Gasteiger partial charge in [0.25, 0.3) is 0 Å². The molecule has 10 nitrogen and oxygen atoms in total. The number of benzene rings is 3. The lowest BCUT2D eigenvalue weighted by molar-refractivity contribution is -0.143. The van der Waals surface area contributed by atoms with E-state index in [2.05, 4.69) is 0 Å². The molecule has 0 amide bonds. The zero-order valence-corrected chi connectivity index (χ0v) is 26.0. The minimum atomic E-state index is -1.54. The topological polar surface area (TPSA) is 121 Å². The molecule has 1 saturated heterocycles. The summed E-state index contributed by atoms with van der Waals surface area (Å²) >= 11 is 13.5. The summed E-state index contributed by atoms with van der Waals surface area (Å²) in [7, 11) is 1.48. The number of hydrogen-bond donors (Lipinski definition) is 1. The third-order valence-corrected chi connectivity index (χ3v) is 8.59. The van der Waals surface area contributed by atoms with E-state index in [-0.39, 0.29) is 41.3 Å². The van der Waals surface area contributed by atoms with Gasteiger partial charge in [-0.2, -0.15) is 0 Å². The van der Waals surface area contributed by atoms with Crippen molar-refractivity contribution in [1.82, 2.24) is 0 Å². The Morgan fingerprint density at radius 1 is 1.05 bits per heavy atom. The molecule has 0 bridgehead atoms. The fourth-order valence-corrected chi connectivity index (χ4v) is 6.35. The van der Waals surface area contributed by atoms with Crippen LogP contribution in [0.2, 0.25) is 10.0 Å². The molecule has 3 aromatic rings. The smallest absolute Gasteiger partial charge is 0.340 e. The number of esters is 2. The summed E-state index contributed by atoms with van der Waals surface area (Å²) < 4.78 is 28.8. The molecular formula is C32H29Cl2NO9. The first kappa shape index (κ1) is 30.1. The van der Waals surface area contributed by atoms with Crippen molar-refractivity contribution in [2.24, 2.45) is 5.92 Å². The van der Waals surface area contributed by atoms with Gasteiger partial charge in [-0.1, -0.05) is 29.3 Å². The van der Waals surface area contributed by atoms with Crippen molar-refractivity contribution in [3.05, 3.63) is 80.3 Å². The lowest BCUT2D eigenvalue weighted by atomic mass is 9.77. The Bertz CT molecular complexity index is 1730. The molecule has 6 rings (SSSR count). The van der Waals surface area contributed by atoms with Gasteiger partial charge in [-0.15, -0.1) is 0 Å². The number of methoxy groups -OCH3 is 1. The van der Waals surface area contributed by atoms with E-state index in [4.69, 9.17) is 46.9 Å². The van der Waals surface area contributed by atoms with E-state index in [0.717, 1.165) is 0 Å². The number of rotatable bonds is 6. The highest BCUT2D eigenvalue weighted by Crippen LogP contribution is 2.59. The number of carbonyl (C=O) groups is 3. The second kappa shape index (κ2) is 10.6. The number of fused-ring (bicyclic) bond motifs is 6. The van der Waals surface area contributed by atoms with E-state index < -0.39 is 35.0 Å². The number of aliphatic carboxylic acids is 1. The summed E-state index contributed by atoms with van der Waals surface area (Å²) in [6, 6.07) is 10.9. The number of carboxylic acids is 1. The number of nitrogens with zero attached hydrogens (tertiary/aromatic N) is 1. The molecule has 1 fully saturated rings.